The number of nitrogens with one attached hydrogen (secondary N) is 1. The highest BCUT2D eigenvalue weighted by molar-refractivity contribution is 5.86. The number of ether oxygens (including phenoxy) is 1. The predicted molar refractivity (Wildman–Crippen MR) is 44.3 cm³/mol. The third kappa shape index (κ3) is 5.61. The molecule has 0 saturated carbocycles. The Labute approximate surface area is 67.4 Å². The number of carbonyl (C=O) groups is 1. The highest BCUT2D eigenvalue weighted by atomic mass is 16.5. The summed E-state index contributed by atoms with van der Waals surface area (Å²) in [5, 5.41) is 3.04. The first-order chi connectivity index (χ1) is 5.18. The Bertz CT molecular complexity index is 143. The fraction of sp³-hybridized carbons (Fsp3) is 0.625. The maximum Gasteiger partial charge on any atom is 0.333 e. The Morgan fingerprint density at radius 3 is 2.73 bits per heavy atom. The van der Waals surface area contributed by atoms with Gasteiger partial charge in [-0.1, -0.05) is 13.5 Å². The zero-order valence-electron chi connectivity index (χ0n) is 7.14. The Balaban J connectivity index is 3.25. The van der Waals surface area contributed by atoms with Crippen LogP contribution in [0.15, 0.2) is 12.2 Å². The number of hydrogen-bond donors (Lipinski definition) is 1. The van der Waals surface area contributed by atoms with Crippen molar-refractivity contribution < 1.29 is 9.53 Å². The molecule has 0 aliphatic carbocycles. The van der Waals surface area contributed by atoms with Crippen molar-refractivity contribution >= 4 is 5.97 Å². The molecule has 64 valence electrons. The number of esters is 1. The average molecular weight is 157 g/mol. The monoisotopic (exact) mass is 157 g/mol. The highest BCUT2D eigenvalue weighted by Gasteiger charge is 2.00. The molecule has 0 saturated heterocycles. The van der Waals surface area contributed by atoms with Crippen LogP contribution in [0.3, 0.4) is 0 Å². The van der Waals surface area contributed by atoms with Gasteiger partial charge in [-0.3, -0.25) is 0 Å². The second-order valence-electron chi connectivity index (χ2n) is 2.27. The van der Waals surface area contributed by atoms with E-state index >= 15 is 0 Å². The number of rotatable bonds is 5. The van der Waals surface area contributed by atoms with Gasteiger partial charge in [0.25, 0.3) is 0 Å². The fourth-order valence-corrected chi connectivity index (χ4v) is 0.516. The standard InChI is InChI=1S/C8H15NO2/c1-4-9-5-6-11-8(10)7(2)3/h9H,2,4-6H2,1,3H3. The minimum Gasteiger partial charge on any atom is -0.461 e. The molecule has 1 N–H and O–H groups in total. The SMILES string of the molecule is C=C(C)C(=O)OCCNCC. The van der Waals surface area contributed by atoms with E-state index < -0.39 is 0 Å². The summed E-state index contributed by atoms with van der Waals surface area (Å²) in [5.74, 6) is -0.317. The summed E-state index contributed by atoms with van der Waals surface area (Å²) in [7, 11) is 0. The molecule has 0 amide bonds. The molecule has 0 spiro atoms. The third-order valence-corrected chi connectivity index (χ3v) is 1.11. The molecule has 0 rings (SSSR count). The molecule has 0 unspecified atom stereocenters. The van der Waals surface area contributed by atoms with Crippen molar-refractivity contribution in [2.24, 2.45) is 0 Å². The van der Waals surface area contributed by atoms with Crippen molar-refractivity contribution in [2.75, 3.05) is 19.7 Å². The molecule has 0 fully saturated rings. The summed E-state index contributed by atoms with van der Waals surface area (Å²) in [6.45, 7) is 9.11. The maximum atomic E-state index is 10.8. The van der Waals surface area contributed by atoms with E-state index in [2.05, 4.69) is 11.9 Å². The van der Waals surface area contributed by atoms with Crippen LogP contribution in [0, 0.1) is 0 Å². The first kappa shape index (κ1) is 10.2. The van der Waals surface area contributed by atoms with E-state index in [4.69, 9.17) is 4.74 Å². The molecule has 0 aliphatic heterocycles. The topological polar surface area (TPSA) is 38.3 Å². The lowest BCUT2D eigenvalue weighted by Gasteiger charge is -2.03. The van der Waals surface area contributed by atoms with Gasteiger partial charge in [-0.05, 0) is 13.5 Å². The van der Waals surface area contributed by atoms with Crippen LogP contribution in [0.4, 0.5) is 0 Å². The van der Waals surface area contributed by atoms with E-state index in [0.717, 1.165) is 6.54 Å². The number of carbonyl (C=O) groups excluding carboxylic acids is 1. The molecule has 0 aromatic rings. The van der Waals surface area contributed by atoms with Gasteiger partial charge in [0.05, 0.1) is 0 Å². The predicted octanol–water partition coefficient (Wildman–Crippen LogP) is 0.715. The molecular weight excluding hydrogens is 142 g/mol. The Morgan fingerprint density at radius 2 is 2.27 bits per heavy atom. The molecular formula is C8H15NO2. The van der Waals surface area contributed by atoms with Crippen molar-refractivity contribution in [2.45, 2.75) is 13.8 Å². The molecule has 0 aromatic heterocycles. The van der Waals surface area contributed by atoms with Gasteiger partial charge in [-0.15, -0.1) is 0 Å². The average Bonchev–Trinajstić information content (AvgIpc) is 1.97. The van der Waals surface area contributed by atoms with Crippen LogP contribution < -0.4 is 5.32 Å². The fourth-order valence-electron chi connectivity index (χ4n) is 0.516. The second kappa shape index (κ2) is 5.92. The minimum atomic E-state index is -0.317. The zero-order chi connectivity index (χ0) is 8.69. The molecule has 0 bridgehead atoms. The first-order valence-electron chi connectivity index (χ1n) is 3.71. The van der Waals surface area contributed by atoms with E-state index in [1.807, 2.05) is 6.92 Å². The Hall–Kier alpha value is -0.830. The van der Waals surface area contributed by atoms with Gasteiger partial charge in [0.1, 0.15) is 6.61 Å². The Kier molecular flexibility index (Phi) is 5.47. The van der Waals surface area contributed by atoms with Crippen LogP contribution in [0.5, 0.6) is 0 Å². The van der Waals surface area contributed by atoms with Crippen molar-refractivity contribution in [3.8, 4) is 0 Å². The van der Waals surface area contributed by atoms with Crippen LogP contribution in [-0.4, -0.2) is 25.7 Å². The molecule has 0 aliphatic rings. The largest absolute Gasteiger partial charge is 0.461 e. The van der Waals surface area contributed by atoms with Gasteiger partial charge in [0.15, 0.2) is 0 Å². The summed E-state index contributed by atoms with van der Waals surface area (Å²) in [4.78, 5) is 10.8. The molecule has 11 heavy (non-hydrogen) atoms. The van der Waals surface area contributed by atoms with Crippen molar-refractivity contribution in [3.05, 3.63) is 12.2 Å². The van der Waals surface area contributed by atoms with Crippen LogP contribution >= 0.6 is 0 Å². The molecule has 0 aromatic carbocycles. The number of hydrogen-bond acceptors (Lipinski definition) is 3. The lowest BCUT2D eigenvalue weighted by Crippen LogP contribution is -2.20. The highest BCUT2D eigenvalue weighted by Crippen LogP contribution is 1.90. The van der Waals surface area contributed by atoms with E-state index in [0.29, 0.717) is 18.7 Å². The lowest BCUT2D eigenvalue weighted by molar-refractivity contribution is -0.138. The van der Waals surface area contributed by atoms with E-state index in [9.17, 15) is 4.79 Å². The summed E-state index contributed by atoms with van der Waals surface area (Å²) in [5.41, 5.74) is 0.446. The smallest absolute Gasteiger partial charge is 0.333 e. The zero-order valence-corrected chi connectivity index (χ0v) is 7.14. The molecule has 3 nitrogen and oxygen atoms in total. The van der Waals surface area contributed by atoms with E-state index in [-0.39, 0.29) is 5.97 Å². The maximum absolute atomic E-state index is 10.8. The normalized spacial score (nSPS) is 9.27. The van der Waals surface area contributed by atoms with Crippen molar-refractivity contribution in [3.63, 3.8) is 0 Å². The minimum absolute atomic E-state index is 0.317. The quantitative estimate of drug-likeness (QED) is 0.363. The second-order valence-corrected chi connectivity index (χ2v) is 2.27. The molecule has 0 radical (unpaired) electrons. The molecule has 0 atom stereocenters. The van der Waals surface area contributed by atoms with Crippen LogP contribution in [0.25, 0.3) is 0 Å². The van der Waals surface area contributed by atoms with Gasteiger partial charge < -0.3 is 10.1 Å². The van der Waals surface area contributed by atoms with Crippen molar-refractivity contribution in [1.82, 2.24) is 5.32 Å². The number of likely N-dealkylation sites (N-methyl/N-ethyl adjacent to an activating group) is 1. The first-order valence-corrected chi connectivity index (χ1v) is 3.71. The van der Waals surface area contributed by atoms with Gasteiger partial charge in [0, 0.05) is 12.1 Å². The van der Waals surface area contributed by atoms with Gasteiger partial charge in [-0.25, -0.2) is 4.79 Å². The molecule has 3 heteroatoms. The van der Waals surface area contributed by atoms with Crippen molar-refractivity contribution in [1.29, 1.82) is 0 Å². The lowest BCUT2D eigenvalue weighted by atomic mass is 10.4. The summed E-state index contributed by atoms with van der Waals surface area (Å²) >= 11 is 0. The van der Waals surface area contributed by atoms with E-state index in [1.165, 1.54) is 0 Å². The Morgan fingerprint density at radius 1 is 1.64 bits per heavy atom. The summed E-state index contributed by atoms with van der Waals surface area (Å²) < 4.78 is 4.80. The van der Waals surface area contributed by atoms with Crippen LogP contribution in [0.2, 0.25) is 0 Å². The third-order valence-electron chi connectivity index (χ3n) is 1.11. The van der Waals surface area contributed by atoms with E-state index in [1.54, 1.807) is 6.92 Å². The summed E-state index contributed by atoms with van der Waals surface area (Å²) in [6.07, 6.45) is 0. The van der Waals surface area contributed by atoms with Gasteiger partial charge in [0.2, 0.25) is 0 Å². The van der Waals surface area contributed by atoms with Crippen LogP contribution in [-0.2, 0) is 9.53 Å². The molecule has 0 heterocycles. The summed E-state index contributed by atoms with van der Waals surface area (Å²) in [6, 6.07) is 0. The van der Waals surface area contributed by atoms with Crippen LogP contribution in [0.1, 0.15) is 13.8 Å². The van der Waals surface area contributed by atoms with Gasteiger partial charge in [-0.2, -0.15) is 0 Å². The van der Waals surface area contributed by atoms with Gasteiger partial charge >= 0.3 is 5.97 Å².